The van der Waals surface area contributed by atoms with E-state index in [9.17, 15) is 13.6 Å². The van der Waals surface area contributed by atoms with Crippen LogP contribution in [0.25, 0.3) is 0 Å². The Labute approximate surface area is 85.9 Å². The minimum atomic E-state index is -1.12. The number of carbonyl (C=O) groups excluding carboxylic acids is 1. The van der Waals surface area contributed by atoms with Crippen molar-refractivity contribution >= 4 is 39.4 Å². The highest BCUT2D eigenvalue weighted by Gasteiger charge is 2.17. The fourth-order valence-corrected chi connectivity index (χ4v) is 1.33. The molecule has 0 aliphatic carbocycles. The van der Waals surface area contributed by atoms with Crippen molar-refractivity contribution in [2.45, 2.75) is 0 Å². The van der Waals surface area contributed by atoms with Crippen LogP contribution >= 0.6 is 34.2 Å². The Kier molecular flexibility index (Phi) is 3.00. The lowest BCUT2D eigenvalue weighted by Gasteiger charge is -2.00. The van der Waals surface area contributed by atoms with Crippen molar-refractivity contribution in [2.75, 3.05) is 0 Å². The molecule has 0 aliphatic rings. The second-order valence-corrected chi connectivity index (χ2v) is 3.50. The highest BCUT2D eigenvalue weighted by atomic mass is 127. The molecule has 0 amide bonds. The number of halogens is 4. The van der Waals surface area contributed by atoms with E-state index in [1.54, 1.807) is 22.6 Å². The highest BCUT2D eigenvalue weighted by molar-refractivity contribution is 14.1. The molecule has 0 heterocycles. The Morgan fingerprint density at radius 2 is 2.00 bits per heavy atom. The molecule has 12 heavy (non-hydrogen) atoms. The Hall–Kier alpha value is -0.230. The lowest BCUT2D eigenvalue weighted by Crippen LogP contribution is -2.01. The van der Waals surface area contributed by atoms with Crippen LogP contribution in [0.15, 0.2) is 12.1 Å². The summed E-state index contributed by atoms with van der Waals surface area (Å²) in [6, 6.07) is 2.23. The van der Waals surface area contributed by atoms with E-state index in [2.05, 4.69) is 0 Å². The van der Waals surface area contributed by atoms with Crippen molar-refractivity contribution in [3.05, 3.63) is 32.9 Å². The van der Waals surface area contributed by atoms with Crippen LogP contribution in [0.3, 0.4) is 0 Å². The number of rotatable bonds is 1. The fraction of sp³-hybridized carbons (Fsp3) is 0. The van der Waals surface area contributed by atoms with Crippen LogP contribution in [0, 0.1) is 15.2 Å². The Morgan fingerprint density at radius 3 is 2.42 bits per heavy atom. The second kappa shape index (κ2) is 3.66. The normalized spacial score (nSPS) is 10.0. The van der Waals surface area contributed by atoms with E-state index in [1.807, 2.05) is 0 Å². The molecule has 0 N–H and O–H groups in total. The van der Waals surface area contributed by atoms with Gasteiger partial charge in [-0.1, -0.05) is 0 Å². The summed E-state index contributed by atoms with van der Waals surface area (Å²) in [6.45, 7) is 0. The van der Waals surface area contributed by atoms with Crippen LogP contribution < -0.4 is 0 Å². The maximum absolute atomic E-state index is 13.0. The van der Waals surface area contributed by atoms with E-state index in [1.165, 1.54) is 6.07 Å². The standard InChI is InChI=1S/C7H2ClF2IO/c8-7(12)5-3(9)1-2-4(11)6(5)10/h1-2H. The van der Waals surface area contributed by atoms with Crippen LogP contribution in [0.4, 0.5) is 8.78 Å². The largest absolute Gasteiger partial charge is 0.275 e. The van der Waals surface area contributed by atoms with Crippen molar-refractivity contribution in [3.63, 3.8) is 0 Å². The van der Waals surface area contributed by atoms with E-state index in [4.69, 9.17) is 11.6 Å². The van der Waals surface area contributed by atoms with Crippen molar-refractivity contribution in [1.82, 2.24) is 0 Å². The average molecular weight is 302 g/mol. The zero-order valence-corrected chi connectivity index (χ0v) is 8.49. The van der Waals surface area contributed by atoms with Gasteiger partial charge in [0, 0.05) is 3.57 Å². The van der Waals surface area contributed by atoms with Gasteiger partial charge in [0.15, 0.2) is 5.82 Å². The van der Waals surface area contributed by atoms with Crippen LogP contribution in [-0.2, 0) is 0 Å². The third-order valence-electron chi connectivity index (χ3n) is 1.24. The molecule has 0 fully saturated rings. The Balaban J connectivity index is 3.43. The van der Waals surface area contributed by atoms with Crippen LogP contribution in [-0.4, -0.2) is 5.24 Å². The van der Waals surface area contributed by atoms with Gasteiger partial charge in [0.1, 0.15) is 11.4 Å². The summed E-state index contributed by atoms with van der Waals surface area (Å²) < 4.78 is 25.9. The molecular weight excluding hydrogens is 300 g/mol. The van der Waals surface area contributed by atoms with Gasteiger partial charge < -0.3 is 0 Å². The van der Waals surface area contributed by atoms with Gasteiger partial charge in [-0.25, -0.2) is 8.78 Å². The molecule has 0 aliphatic heterocycles. The van der Waals surface area contributed by atoms with E-state index in [0.717, 1.165) is 6.07 Å². The first-order chi connectivity index (χ1) is 5.54. The lowest BCUT2D eigenvalue weighted by molar-refractivity contribution is 0.107. The smallest absolute Gasteiger partial charge is 0.258 e. The summed E-state index contributed by atoms with van der Waals surface area (Å²) in [7, 11) is 0. The summed E-state index contributed by atoms with van der Waals surface area (Å²) >= 11 is 6.61. The van der Waals surface area contributed by atoms with Gasteiger partial charge in [0.25, 0.3) is 5.24 Å². The van der Waals surface area contributed by atoms with Gasteiger partial charge in [-0.15, -0.1) is 0 Å². The van der Waals surface area contributed by atoms with Gasteiger partial charge in [0.2, 0.25) is 0 Å². The summed E-state index contributed by atoms with van der Waals surface area (Å²) in [5.74, 6) is -1.84. The van der Waals surface area contributed by atoms with Crippen LogP contribution in [0.1, 0.15) is 10.4 Å². The summed E-state index contributed by atoms with van der Waals surface area (Å²) in [5, 5.41) is -1.12. The third-order valence-corrected chi connectivity index (χ3v) is 2.26. The molecule has 1 aromatic carbocycles. The first-order valence-corrected chi connectivity index (χ1v) is 4.33. The summed E-state index contributed by atoms with van der Waals surface area (Å²) in [4.78, 5) is 10.5. The molecule has 0 radical (unpaired) electrons. The quantitative estimate of drug-likeness (QED) is 0.443. The monoisotopic (exact) mass is 302 g/mol. The molecule has 1 aromatic rings. The molecule has 64 valence electrons. The predicted molar refractivity (Wildman–Crippen MR) is 49.3 cm³/mol. The van der Waals surface area contributed by atoms with Crippen LogP contribution in [0.2, 0.25) is 0 Å². The maximum atomic E-state index is 13.0. The average Bonchev–Trinajstić information content (AvgIpc) is 1.97. The van der Waals surface area contributed by atoms with Crippen molar-refractivity contribution in [3.8, 4) is 0 Å². The van der Waals surface area contributed by atoms with Crippen molar-refractivity contribution < 1.29 is 13.6 Å². The zero-order chi connectivity index (χ0) is 9.30. The first kappa shape index (κ1) is 9.85. The van der Waals surface area contributed by atoms with Gasteiger partial charge in [-0.05, 0) is 46.3 Å². The summed E-state index contributed by atoms with van der Waals surface area (Å²) in [6.07, 6.45) is 0. The zero-order valence-electron chi connectivity index (χ0n) is 5.57. The summed E-state index contributed by atoms with van der Waals surface area (Å²) in [5.41, 5.74) is -0.691. The van der Waals surface area contributed by atoms with E-state index in [-0.39, 0.29) is 3.57 Å². The van der Waals surface area contributed by atoms with Gasteiger partial charge in [0.05, 0.1) is 0 Å². The SMILES string of the molecule is O=C(Cl)c1c(F)ccc(I)c1F. The fourth-order valence-electron chi connectivity index (χ4n) is 0.707. The molecular formula is C7H2ClF2IO. The predicted octanol–water partition coefficient (Wildman–Crippen LogP) is 2.95. The lowest BCUT2D eigenvalue weighted by atomic mass is 10.2. The third kappa shape index (κ3) is 1.74. The second-order valence-electron chi connectivity index (χ2n) is 1.99. The molecule has 0 bridgehead atoms. The van der Waals surface area contributed by atoms with Crippen molar-refractivity contribution in [2.24, 2.45) is 0 Å². The number of benzene rings is 1. The van der Waals surface area contributed by atoms with Gasteiger partial charge >= 0.3 is 0 Å². The van der Waals surface area contributed by atoms with Crippen molar-refractivity contribution in [1.29, 1.82) is 0 Å². The topological polar surface area (TPSA) is 17.1 Å². The minimum absolute atomic E-state index is 0.165. The van der Waals surface area contributed by atoms with E-state index in [0.29, 0.717) is 0 Å². The Morgan fingerprint density at radius 1 is 1.42 bits per heavy atom. The Bertz CT molecular complexity index is 340. The maximum Gasteiger partial charge on any atom is 0.258 e. The molecule has 1 rings (SSSR count). The number of hydrogen-bond acceptors (Lipinski definition) is 1. The molecule has 0 saturated carbocycles. The number of carbonyl (C=O) groups is 1. The van der Waals surface area contributed by atoms with Gasteiger partial charge in [-0.2, -0.15) is 0 Å². The van der Waals surface area contributed by atoms with Crippen LogP contribution in [0.5, 0.6) is 0 Å². The molecule has 5 heteroatoms. The molecule has 0 unspecified atom stereocenters. The molecule has 1 nitrogen and oxygen atoms in total. The van der Waals surface area contributed by atoms with E-state index < -0.39 is 22.4 Å². The molecule has 0 spiro atoms. The van der Waals surface area contributed by atoms with E-state index >= 15 is 0 Å². The number of hydrogen-bond donors (Lipinski definition) is 0. The van der Waals surface area contributed by atoms with Gasteiger partial charge in [-0.3, -0.25) is 4.79 Å². The minimum Gasteiger partial charge on any atom is -0.275 e. The highest BCUT2D eigenvalue weighted by Crippen LogP contribution is 2.19. The first-order valence-electron chi connectivity index (χ1n) is 2.87. The molecule has 0 atom stereocenters. The molecule has 0 saturated heterocycles. The molecule has 0 aromatic heterocycles.